The van der Waals surface area contributed by atoms with Crippen LogP contribution in [0.25, 0.3) is 11.1 Å². The minimum Gasteiger partial charge on any atom is -0.382 e. The summed E-state index contributed by atoms with van der Waals surface area (Å²) in [6.45, 7) is 2.22. The van der Waals surface area contributed by atoms with Gasteiger partial charge in [-0.3, -0.25) is 5.10 Å². The Bertz CT molecular complexity index is 563. The van der Waals surface area contributed by atoms with Crippen molar-refractivity contribution in [3.05, 3.63) is 35.8 Å². The maximum Gasteiger partial charge on any atom is 0.153 e. The van der Waals surface area contributed by atoms with E-state index in [1.54, 1.807) is 6.07 Å². The number of hydrogen-bond acceptors (Lipinski definition) is 2. The van der Waals surface area contributed by atoms with E-state index in [4.69, 9.17) is 5.73 Å². The highest BCUT2D eigenvalue weighted by atomic mass is 19.1. The standard InChI is InChI=1S/C17H24FN3/c1-2-3-4-5-6-7-11-15-16(17(19)21-20-15)13-9-8-10-14(18)12-13/h8-10,12H,2-7,11H2,1H3,(H3,19,20,21). The zero-order valence-electron chi connectivity index (χ0n) is 12.7. The van der Waals surface area contributed by atoms with Crippen molar-refractivity contribution >= 4 is 5.82 Å². The maximum atomic E-state index is 13.4. The number of unbranched alkanes of at least 4 members (excludes halogenated alkanes) is 5. The molecule has 1 aromatic heterocycles. The van der Waals surface area contributed by atoms with E-state index in [-0.39, 0.29) is 5.82 Å². The number of aromatic amines is 1. The second-order valence-corrected chi connectivity index (χ2v) is 5.49. The Kier molecular flexibility index (Phi) is 5.78. The summed E-state index contributed by atoms with van der Waals surface area (Å²) >= 11 is 0. The fraction of sp³-hybridized carbons (Fsp3) is 0.471. The third-order valence-corrected chi connectivity index (χ3v) is 3.76. The lowest BCUT2D eigenvalue weighted by atomic mass is 10.0. The SMILES string of the molecule is CCCCCCCCc1[nH]nc(N)c1-c1cccc(F)c1. The van der Waals surface area contributed by atoms with Crippen molar-refractivity contribution in [1.82, 2.24) is 10.2 Å². The van der Waals surface area contributed by atoms with Crippen molar-refractivity contribution in [3.63, 3.8) is 0 Å². The number of hydrogen-bond donors (Lipinski definition) is 2. The van der Waals surface area contributed by atoms with Crippen LogP contribution >= 0.6 is 0 Å². The molecule has 4 heteroatoms. The number of benzene rings is 1. The van der Waals surface area contributed by atoms with Crippen LogP contribution in [0.2, 0.25) is 0 Å². The number of aromatic nitrogens is 2. The number of H-pyrrole nitrogens is 1. The van der Waals surface area contributed by atoms with Crippen molar-refractivity contribution < 1.29 is 4.39 Å². The molecule has 0 fully saturated rings. The Hall–Kier alpha value is -1.84. The van der Waals surface area contributed by atoms with Crippen molar-refractivity contribution in [1.29, 1.82) is 0 Å². The molecule has 0 aliphatic heterocycles. The molecule has 2 rings (SSSR count). The molecule has 0 spiro atoms. The van der Waals surface area contributed by atoms with Crippen LogP contribution in [0, 0.1) is 5.82 Å². The summed E-state index contributed by atoms with van der Waals surface area (Å²) in [6.07, 6.45) is 8.37. The first-order valence-corrected chi connectivity index (χ1v) is 7.81. The number of aryl methyl sites for hydroxylation is 1. The number of nitrogens with two attached hydrogens (primary N) is 1. The van der Waals surface area contributed by atoms with Gasteiger partial charge in [-0.15, -0.1) is 0 Å². The quantitative estimate of drug-likeness (QED) is 0.692. The Morgan fingerprint density at radius 3 is 2.67 bits per heavy atom. The van der Waals surface area contributed by atoms with Gasteiger partial charge in [0.15, 0.2) is 5.82 Å². The van der Waals surface area contributed by atoms with E-state index in [0.29, 0.717) is 5.82 Å². The van der Waals surface area contributed by atoms with Gasteiger partial charge in [0.25, 0.3) is 0 Å². The van der Waals surface area contributed by atoms with E-state index < -0.39 is 0 Å². The molecule has 0 radical (unpaired) electrons. The summed E-state index contributed by atoms with van der Waals surface area (Å²) in [7, 11) is 0. The van der Waals surface area contributed by atoms with Crippen LogP contribution in [0.15, 0.2) is 24.3 Å². The summed E-state index contributed by atoms with van der Waals surface area (Å²) in [4.78, 5) is 0. The summed E-state index contributed by atoms with van der Waals surface area (Å²) in [5.74, 6) is 0.195. The molecule has 3 nitrogen and oxygen atoms in total. The van der Waals surface area contributed by atoms with Crippen LogP contribution in [0.1, 0.15) is 51.1 Å². The van der Waals surface area contributed by atoms with Gasteiger partial charge >= 0.3 is 0 Å². The largest absolute Gasteiger partial charge is 0.382 e. The predicted molar refractivity (Wildman–Crippen MR) is 85.5 cm³/mol. The number of nitrogen functional groups attached to an aromatic ring is 1. The van der Waals surface area contributed by atoms with E-state index >= 15 is 0 Å². The lowest BCUT2D eigenvalue weighted by Gasteiger charge is -2.05. The Morgan fingerprint density at radius 1 is 1.14 bits per heavy atom. The fourth-order valence-electron chi connectivity index (χ4n) is 2.62. The number of nitrogens with zero attached hydrogens (tertiary/aromatic N) is 1. The predicted octanol–water partition coefficient (Wildman–Crippen LogP) is 4.70. The second kappa shape index (κ2) is 7.81. The average molecular weight is 289 g/mol. The summed E-state index contributed by atoms with van der Waals surface area (Å²) < 4.78 is 13.4. The Morgan fingerprint density at radius 2 is 1.90 bits per heavy atom. The third-order valence-electron chi connectivity index (χ3n) is 3.76. The molecule has 0 bridgehead atoms. The van der Waals surface area contributed by atoms with Gasteiger partial charge in [0.2, 0.25) is 0 Å². The Labute approximate surface area is 125 Å². The molecule has 1 heterocycles. The van der Waals surface area contributed by atoms with Crippen LogP contribution < -0.4 is 5.73 Å². The molecule has 114 valence electrons. The van der Waals surface area contributed by atoms with Gasteiger partial charge < -0.3 is 5.73 Å². The number of anilines is 1. The number of rotatable bonds is 8. The molecular weight excluding hydrogens is 265 g/mol. The minimum atomic E-state index is -0.251. The first-order chi connectivity index (χ1) is 10.2. The van der Waals surface area contributed by atoms with E-state index in [9.17, 15) is 4.39 Å². The van der Waals surface area contributed by atoms with Crippen LogP contribution in [0.3, 0.4) is 0 Å². The number of halogens is 1. The molecule has 1 aromatic carbocycles. The van der Waals surface area contributed by atoms with Gasteiger partial charge in [0.1, 0.15) is 5.82 Å². The molecule has 0 amide bonds. The molecular formula is C17H24FN3. The molecule has 3 N–H and O–H groups in total. The van der Waals surface area contributed by atoms with E-state index in [1.807, 2.05) is 6.07 Å². The lowest BCUT2D eigenvalue weighted by molar-refractivity contribution is 0.604. The van der Waals surface area contributed by atoms with Gasteiger partial charge in [-0.05, 0) is 30.5 Å². The third kappa shape index (κ3) is 4.31. The summed E-state index contributed by atoms with van der Waals surface area (Å²) in [5, 5.41) is 7.08. The molecule has 2 aromatic rings. The van der Waals surface area contributed by atoms with Gasteiger partial charge in [0, 0.05) is 11.3 Å². The van der Waals surface area contributed by atoms with E-state index in [2.05, 4.69) is 17.1 Å². The fourth-order valence-corrected chi connectivity index (χ4v) is 2.62. The normalized spacial score (nSPS) is 11.0. The highest BCUT2D eigenvalue weighted by molar-refractivity contribution is 5.76. The molecule has 0 aliphatic carbocycles. The van der Waals surface area contributed by atoms with Crippen LogP contribution in [-0.2, 0) is 6.42 Å². The first kappa shape index (κ1) is 15.5. The molecule has 0 atom stereocenters. The highest BCUT2D eigenvalue weighted by Gasteiger charge is 2.13. The molecule has 21 heavy (non-hydrogen) atoms. The summed E-state index contributed by atoms with van der Waals surface area (Å²) in [5.41, 5.74) is 8.58. The molecule has 0 saturated carbocycles. The van der Waals surface area contributed by atoms with E-state index in [0.717, 1.165) is 29.7 Å². The van der Waals surface area contributed by atoms with Crippen LogP contribution in [0.5, 0.6) is 0 Å². The van der Waals surface area contributed by atoms with Crippen molar-refractivity contribution in [3.8, 4) is 11.1 Å². The van der Waals surface area contributed by atoms with Gasteiger partial charge in [-0.25, -0.2) is 4.39 Å². The van der Waals surface area contributed by atoms with Gasteiger partial charge in [-0.2, -0.15) is 5.10 Å². The van der Waals surface area contributed by atoms with E-state index in [1.165, 1.54) is 44.2 Å². The lowest BCUT2D eigenvalue weighted by Crippen LogP contribution is -1.92. The molecule has 0 unspecified atom stereocenters. The average Bonchev–Trinajstić information content (AvgIpc) is 2.84. The highest BCUT2D eigenvalue weighted by Crippen LogP contribution is 2.29. The topological polar surface area (TPSA) is 54.7 Å². The Balaban J connectivity index is 1.98. The monoisotopic (exact) mass is 289 g/mol. The first-order valence-electron chi connectivity index (χ1n) is 7.81. The van der Waals surface area contributed by atoms with Crippen LogP contribution in [-0.4, -0.2) is 10.2 Å². The van der Waals surface area contributed by atoms with Gasteiger partial charge in [-0.1, -0.05) is 51.2 Å². The zero-order chi connectivity index (χ0) is 15.1. The maximum absolute atomic E-state index is 13.4. The second-order valence-electron chi connectivity index (χ2n) is 5.49. The molecule has 0 aliphatic rings. The van der Waals surface area contributed by atoms with Crippen LogP contribution in [0.4, 0.5) is 10.2 Å². The smallest absolute Gasteiger partial charge is 0.153 e. The van der Waals surface area contributed by atoms with Crippen molar-refractivity contribution in [2.24, 2.45) is 0 Å². The van der Waals surface area contributed by atoms with Gasteiger partial charge in [0.05, 0.1) is 0 Å². The van der Waals surface area contributed by atoms with Crippen molar-refractivity contribution in [2.75, 3.05) is 5.73 Å². The molecule has 0 saturated heterocycles. The minimum absolute atomic E-state index is 0.251. The number of nitrogens with one attached hydrogen (secondary N) is 1. The summed E-state index contributed by atoms with van der Waals surface area (Å²) in [6, 6.07) is 6.51. The zero-order valence-corrected chi connectivity index (χ0v) is 12.7. The van der Waals surface area contributed by atoms with Crippen molar-refractivity contribution in [2.45, 2.75) is 51.9 Å².